The number of halogens is 1. The van der Waals surface area contributed by atoms with Crippen molar-refractivity contribution in [2.75, 3.05) is 5.32 Å². The number of hydrogen-bond acceptors (Lipinski definition) is 3. The number of amidine groups is 2. The van der Waals surface area contributed by atoms with Gasteiger partial charge in [-0.05, 0) is 23.8 Å². The van der Waals surface area contributed by atoms with Gasteiger partial charge in [-0.1, -0.05) is 72.4 Å². The van der Waals surface area contributed by atoms with E-state index in [1.54, 1.807) is 18.2 Å². The van der Waals surface area contributed by atoms with Gasteiger partial charge in [-0.15, -0.1) is 0 Å². The summed E-state index contributed by atoms with van der Waals surface area (Å²) in [6, 6.07) is 24.5. The van der Waals surface area contributed by atoms with Crippen LogP contribution < -0.4 is 5.32 Å². The van der Waals surface area contributed by atoms with E-state index in [1.807, 2.05) is 48.5 Å². The highest BCUT2D eigenvalue weighted by Gasteiger charge is 2.14. The van der Waals surface area contributed by atoms with E-state index >= 15 is 0 Å². The summed E-state index contributed by atoms with van der Waals surface area (Å²) < 4.78 is 14.0. The maximum Gasteiger partial charge on any atom is 0.190 e. The van der Waals surface area contributed by atoms with Crippen LogP contribution in [-0.2, 0) is 5.75 Å². The quantitative estimate of drug-likeness (QED) is 0.643. The Morgan fingerprint density at radius 2 is 1.62 bits per heavy atom. The van der Waals surface area contributed by atoms with Crippen molar-refractivity contribution < 1.29 is 4.39 Å². The van der Waals surface area contributed by atoms with Crippen LogP contribution in [0.5, 0.6) is 0 Å². The van der Waals surface area contributed by atoms with E-state index in [1.165, 1.54) is 17.8 Å². The third kappa shape index (κ3) is 3.68. The zero-order valence-corrected chi connectivity index (χ0v) is 14.7. The van der Waals surface area contributed by atoms with Crippen LogP contribution in [-0.4, -0.2) is 11.0 Å². The summed E-state index contributed by atoms with van der Waals surface area (Å²) in [6.45, 7) is 0. The second kappa shape index (κ2) is 7.54. The first-order valence-corrected chi connectivity index (χ1v) is 9.23. The highest BCUT2D eigenvalue weighted by atomic mass is 32.2. The van der Waals surface area contributed by atoms with Gasteiger partial charge in [-0.2, -0.15) is 0 Å². The Bertz CT molecular complexity index is 983. The molecule has 0 saturated carbocycles. The number of anilines is 1. The van der Waals surface area contributed by atoms with Crippen LogP contribution in [0.3, 0.4) is 0 Å². The molecule has 1 N–H and O–H groups in total. The van der Waals surface area contributed by atoms with Gasteiger partial charge in [0.25, 0.3) is 0 Å². The summed E-state index contributed by atoms with van der Waals surface area (Å²) in [5, 5.41) is 3.93. The number of nitrogens with one attached hydrogen (secondary N) is 1. The zero-order valence-electron chi connectivity index (χ0n) is 13.9. The molecule has 1 aliphatic heterocycles. The number of para-hydroxylation sites is 2. The third-order valence-corrected chi connectivity index (χ3v) is 4.85. The third-order valence-electron chi connectivity index (χ3n) is 3.95. The molecule has 26 heavy (non-hydrogen) atoms. The molecule has 1 aliphatic rings. The molecule has 0 saturated heterocycles. The summed E-state index contributed by atoms with van der Waals surface area (Å²) in [7, 11) is 0. The molecule has 1 heterocycles. The molecule has 0 aliphatic carbocycles. The Balaban J connectivity index is 1.80. The number of benzene rings is 3. The topological polar surface area (TPSA) is 36.8 Å². The number of aliphatic imine (C=N–C) groups is 2. The predicted octanol–water partition coefficient (Wildman–Crippen LogP) is 5.62. The maximum atomic E-state index is 14.0. The minimum Gasteiger partial charge on any atom is -0.339 e. The fourth-order valence-corrected chi connectivity index (χ4v) is 3.48. The average Bonchev–Trinajstić information content (AvgIpc) is 2.67. The first-order valence-electron chi connectivity index (χ1n) is 8.25. The molecule has 0 atom stereocenters. The first kappa shape index (κ1) is 16.5. The van der Waals surface area contributed by atoms with Crippen LogP contribution in [0.4, 0.5) is 15.8 Å². The van der Waals surface area contributed by atoms with Crippen molar-refractivity contribution in [1.29, 1.82) is 0 Å². The van der Waals surface area contributed by atoms with Gasteiger partial charge in [0.05, 0.1) is 0 Å². The van der Waals surface area contributed by atoms with Crippen molar-refractivity contribution in [1.82, 2.24) is 0 Å². The number of thioether (sulfide) groups is 1. The van der Waals surface area contributed by atoms with E-state index in [9.17, 15) is 4.39 Å². The van der Waals surface area contributed by atoms with Gasteiger partial charge in [-0.3, -0.25) is 0 Å². The Hall–Kier alpha value is -2.92. The molecular formula is C21H16FN3S. The molecular weight excluding hydrogens is 345 g/mol. The molecule has 0 bridgehead atoms. The van der Waals surface area contributed by atoms with Crippen LogP contribution in [0.25, 0.3) is 0 Å². The van der Waals surface area contributed by atoms with E-state index in [-0.39, 0.29) is 5.82 Å². The Morgan fingerprint density at radius 1 is 0.885 bits per heavy atom. The number of rotatable bonds is 2. The van der Waals surface area contributed by atoms with Crippen molar-refractivity contribution in [2.45, 2.75) is 5.75 Å². The van der Waals surface area contributed by atoms with Crippen molar-refractivity contribution in [2.24, 2.45) is 9.98 Å². The van der Waals surface area contributed by atoms with Gasteiger partial charge in [0.2, 0.25) is 0 Å². The molecule has 5 heteroatoms. The lowest BCUT2D eigenvalue weighted by atomic mass is 10.1. The van der Waals surface area contributed by atoms with Crippen molar-refractivity contribution >= 4 is 34.1 Å². The number of nitrogens with zero attached hydrogens (tertiary/aromatic N) is 2. The molecule has 0 amide bonds. The standard InChI is InChI=1S/C21H16FN3S/c22-17-11-5-7-13-19(17)24-21-25-20(15-8-2-1-3-9-15)23-18-12-6-4-10-16(18)14-26-21/h1-13H,14H2,(H,23,24,25). The molecule has 4 rings (SSSR count). The Morgan fingerprint density at radius 3 is 2.46 bits per heavy atom. The van der Waals surface area contributed by atoms with E-state index in [0.717, 1.165) is 16.8 Å². The first-order chi connectivity index (χ1) is 12.8. The lowest BCUT2D eigenvalue weighted by Crippen LogP contribution is -2.18. The van der Waals surface area contributed by atoms with Crippen molar-refractivity contribution in [3.8, 4) is 0 Å². The largest absolute Gasteiger partial charge is 0.339 e. The smallest absolute Gasteiger partial charge is 0.190 e. The van der Waals surface area contributed by atoms with E-state index in [2.05, 4.69) is 16.4 Å². The monoisotopic (exact) mass is 361 g/mol. The fourth-order valence-electron chi connectivity index (χ4n) is 2.63. The van der Waals surface area contributed by atoms with Crippen molar-refractivity contribution in [3.05, 3.63) is 95.8 Å². The fraction of sp³-hybridized carbons (Fsp3) is 0.0476. The molecule has 3 aromatic carbocycles. The minimum absolute atomic E-state index is 0.292. The van der Waals surface area contributed by atoms with Crippen LogP contribution in [0, 0.1) is 5.82 Å². The van der Waals surface area contributed by atoms with Gasteiger partial charge in [0, 0.05) is 17.0 Å². The normalized spacial score (nSPS) is 17.4. The highest BCUT2D eigenvalue weighted by Crippen LogP contribution is 2.28. The highest BCUT2D eigenvalue weighted by molar-refractivity contribution is 8.13. The Labute approximate surface area is 155 Å². The van der Waals surface area contributed by atoms with Gasteiger partial charge in [0.1, 0.15) is 17.3 Å². The summed E-state index contributed by atoms with van der Waals surface area (Å²) >= 11 is 1.50. The lowest BCUT2D eigenvalue weighted by Gasteiger charge is -2.17. The summed E-state index contributed by atoms with van der Waals surface area (Å²) in [4.78, 5) is 9.14. The SMILES string of the molecule is Fc1ccccc1N=C1/N=C(/c2ccccc2)Nc2ccccc2CS1. The molecule has 3 nitrogen and oxygen atoms in total. The molecule has 3 aromatic rings. The minimum atomic E-state index is -0.354. The number of fused-ring (bicyclic) bond motifs is 1. The summed E-state index contributed by atoms with van der Waals surface area (Å²) in [6.07, 6.45) is 0. The lowest BCUT2D eigenvalue weighted by molar-refractivity contribution is 0.630. The van der Waals surface area contributed by atoms with Gasteiger partial charge in [0.15, 0.2) is 5.17 Å². The molecule has 0 fully saturated rings. The van der Waals surface area contributed by atoms with Gasteiger partial charge in [-0.25, -0.2) is 14.4 Å². The molecule has 128 valence electrons. The van der Waals surface area contributed by atoms with Crippen LogP contribution in [0.1, 0.15) is 11.1 Å². The molecule has 0 spiro atoms. The Kier molecular flexibility index (Phi) is 4.80. The molecule has 0 radical (unpaired) electrons. The predicted molar refractivity (Wildman–Crippen MR) is 108 cm³/mol. The average molecular weight is 361 g/mol. The van der Waals surface area contributed by atoms with E-state index in [4.69, 9.17) is 4.99 Å². The van der Waals surface area contributed by atoms with Crippen LogP contribution in [0.2, 0.25) is 0 Å². The van der Waals surface area contributed by atoms with Crippen LogP contribution in [0.15, 0.2) is 88.8 Å². The van der Waals surface area contributed by atoms with Gasteiger partial charge >= 0.3 is 0 Å². The zero-order chi connectivity index (χ0) is 17.8. The van der Waals surface area contributed by atoms with Crippen molar-refractivity contribution in [3.63, 3.8) is 0 Å². The van der Waals surface area contributed by atoms with E-state index < -0.39 is 0 Å². The summed E-state index contributed by atoms with van der Waals surface area (Å²) in [5.74, 6) is 1.05. The second-order valence-corrected chi connectivity index (χ2v) is 6.69. The molecule has 0 unspecified atom stereocenters. The van der Waals surface area contributed by atoms with Crippen LogP contribution >= 0.6 is 11.8 Å². The summed E-state index contributed by atoms with van der Waals surface area (Å²) in [5.41, 5.74) is 3.42. The van der Waals surface area contributed by atoms with E-state index in [0.29, 0.717) is 22.4 Å². The molecule has 0 aromatic heterocycles. The maximum absolute atomic E-state index is 14.0. The second-order valence-electron chi connectivity index (χ2n) is 5.74. The number of hydrogen-bond donors (Lipinski definition) is 1. The van der Waals surface area contributed by atoms with Gasteiger partial charge < -0.3 is 5.32 Å².